The fourth-order valence-corrected chi connectivity index (χ4v) is 3.03. The predicted molar refractivity (Wildman–Crippen MR) is 72.2 cm³/mol. The van der Waals surface area contributed by atoms with Crippen LogP contribution in [-0.2, 0) is 16.0 Å². The first-order valence-electron chi connectivity index (χ1n) is 6.58. The number of hydrogen-bond acceptors (Lipinski definition) is 3. The Kier molecular flexibility index (Phi) is 4.38. The molecule has 1 aliphatic carbocycles. The third-order valence-corrected chi connectivity index (χ3v) is 4.09. The van der Waals surface area contributed by atoms with Crippen LogP contribution in [0.25, 0.3) is 0 Å². The first-order chi connectivity index (χ1) is 8.73. The minimum absolute atomic E-state index is 0.385. The highest BCUT2D eigenvalue weighted by molar-refractivity contribution is 5.14. The van der Waals surface area contributed by atoms with E-state index in [2.05, 4.69) is 36.5 Å². The molecule has 1 aromatic rings. The Morgan fingerprint density at radius 3 is 2.44 bits per heavy atom. The van der Waals surface area contributed by atoms with E-state index in [1.54, 1.807) is 14.2 Å². The largest absolute Gasteiger partial charge is 0.353 e. The van der Waals surface area contributed by atoms with Crippen molar-refractivity contribution in [1.82, 2.24) is 5.32 Å². The second-order valence-electron chi connectivity index (χ2n) is 5.08. The van der Waals surface area contributed by atoms with E-state index < -0.39 is 0 Å². The van der Waals surface area contributed by atoms with Crippen LogP contribution < -0.4 is 5.32 Å². The van der Waals surface area contributed by atoms with Crippen molar-refractivity contribution in [3.05, 3.63) is 35.9 Å². The summed E-state index contributed by atoms with van der Waals surface area (Å²) in [5.74, 6) is 0.520. The van der Waals surface area contributed by atoms with Gasteiger partial charge in [-0.05, 0) is 12.0 Å². The van der Waals surface area contributed by atoms with Gasteiger partial charge in [-0.25, -0.2) is 0 Å². The normalized spacial score (nSPS) is 25.7. The van der Waals surface area contributed by atoms with E-state index in [1.165, 1.54) is 5.56 Å². The third kappa shape index (κ3) is 2.44. The summed E-state index contributed by atoms with van der Waals surface area (Å²) < 4.78 is 11.2. The molecule has 0 bridgehead atoms. The number of rotatable bonds is 6. The van der Waals surface area contributed by atoms with Crippen molar-refractivity contribution in [3.8, 4) is 0 Å². The van der Waals surface area contributed by atoms with Gasteiger partial charge in [0.15, 0.2) is 5.79 Å². The lowest BCUT2D eigenvalue weighted by molar-refractivity contribution is -0.318. The molecule has 0 amide bonds. The summed E-state index contributed by atoms with van der Waals surface area (Å²) in [5, 5.41) is 3.49. The Bertz CT molecular complexity index is 362. The fraction of sp³-hybridized carbons (Fsp3) is 0.600. The lowest BCUT2D eigenvalue weighted by atomic mass is 9.69. The molecule has 1 N–H and O–H groups in total. The first-order valence-corrected chi connectivity index (χ1v) is 6.58. The average molecular weight is 249 g/mol. The van der Waals surface area contributed by atoms with Crippen LogP contribution in [0.3, 0.4) is 0 Å². The number of benzene rings is 1. The van der Waals surface area contributed by atoms with Crippen molar-refractivity contribution < 1.29 is 9.47 Å². The molecule has 0 aliphatic heterocycles. The smallest absolute Gasteiger partial charge is 0.174 e. The highest BCUT2D eigenvalue weighted by Crippen LogP contribution is 2.46. The zero-order valence-electron chi connectivity index (χ0n) is 11.5. The van der Waals surface area contributed by atoms with Gasteiger partial charge in [0, 0.05) is 39.1 Å². The molecule has 2 rings (SSSR count). The monoisotopic (exact) mass is 249 g/mol. The molecule has 0 saturated heterocycles. The average Bonchev–Trinajstić information content (AvgIpc) is 2.40. The Morgan fingerprint density at radius 2 is 1.89 bits per heavy atom. The molecule has 2 atom stereocenters. The van der Waals surface area contributed by atoms with Crippen LogP contribution in [0.1, 0.15) is 18.9 Å². The van der Waals surface area contributed by atoms with Crippen molar-refractivity contribution in [1.29, 1.82) is 0 Å². The van der Waals surface area contributed by atoms with E-state index in [-0.39, 0.29) is 5.79 Å². The number of methoxy groups -OCH3 is 2. The molecule has 1 aliphatic rings. The highest BCUT2D eigenvalue weighted by atomic mass is 16.7. The van der Waals surface area contributed by atoms with Gasteiger partial charge in [-0.2, -0.15) is 0 Å². The van der Waals surface area contributed by atoms with E-state index in [0.717, 1.165) is 19.5 Å². The summed E-state index contributed by atoms with van der Waals surface area (Å²) in [6.07, 6.45) is 1.16. The molecular weight excluding hydrogens is 226 g/mol. The van der Waals surface area contributed by atoms with E-state index in [9.17, 15) is 0 Å². The summed E-state index contributed by atoms with van der Waals surface area (Å²) in [6, 6.07) is 10.4. The van der Waals surface area contributed by atoms with Crippen LogP contribution in [0.15, 0.2) is 30.3 Å². The molecule has 0 spiro atoms. The lowest BCUT2D eigenvalue weighted by Crippen LogP contribution is -2.60. The zero-order valence-corrected chi connectivity index (χ0v) is 11.5. The second kappa shape index (κ2) is 5.83. The zero-order chi connectivity index (χ0) is 13.0. The van der Waals surface area contributed by atoms with Crippen molar-refractivity contribution in [2.45, 2.75) is 25.7 Å². The molecule has 18 heavy (non-hydrogen) atoms. The van der Waals surface area contributed by atoms with Gasteiger partial charge in [0.1, 0.15) is 0 Å². The Morgan fingerprint density at radius 1 is 1.22 bits per heavy atom. The maximum absolute atomic E-state index is 5.59. The van der Waals surface area contributed by atoms with E-state index >= 15 is 0 Å². The standard InChI is InChI=1S/C15H23NO2/c1-12-9-14(15(12,17-2)18-3)11-16-10-13-7-5-4-6-8-13/h4-8,12,14,16H,9-11H2,1-3H3. The van der Waals surface area contributed by atoms with Gasteiger partial charge in [-0.3, -0.25) is 0 Å². The third-order valence-electron chi connectivity index (χ3n) is 4.09. The van der Waals surface area contributed by atoms with E-state index in [4.69, 9.17) is 9.47 Å². The van der Waals surface area contributed by atoms with Gasteiger partial charge in [0.05, 0.1) is 0 Å². The Hall–Kier alpha value is -0.900. The van der Waals surface area contributed by atoms with Crippen LogP contribution in [0, 0.1) is 11.8 Å². The predicted octanol–water partition coefficient (Wildman–Crippen LogP) is 2.42. The molecule has 0 aromatic heterocycles. The summed E-state index contributed by atoms with van der Waals surface area (Å²) in [6.45, 7) is 4.01. The molecule has 1 saturated carbocycles. The van der Waals surface area contributed by atoms with E-state index in [0.29, 0.717) is 11.8 Å². The molecule has 1 fully saturated rings. The van der Waals surface area contributed by atoms with Gasteiger partial charge in [-0.15, -0.1) is 0 Å². The second-order valence-corrected chi connectivity index (χ2v) is 5.08. The number of hydrogen-bond donors (Lipinski definition) is 1. The molecular formula is C15H23NO2. The van der Waals surface area contributed by atoms with Gasteiger partial charge < -0.3 is 14.8 Å². The van der Waals surface area contributed by atoms with Crippen molar-refractivity contribution in [2.24, 2.45) is 11.8 Å². The topological polar surface area (TPSA) is 30.5 Å². The molecule has 3 heteroatoms. The molecule has 0 heterocycles. The van der Waals surface area contributed by atoms with Crippen LogP contribution in [0.4, 0.5) is 0 Å². The van der Waals surface area contributed by atoms with Gasteiger partial charge in [0.25, 0.3) is 0 Å². The van der Waals surface area contributed by atoms with Crippen molar-refractivity contribution in [2.75, 3.05) is 20.8 Å². The SMILES string of the molecule is COC1(OC)C(C)CC1CNCc1ccccc1. The molecule has 3 nitrogen and oxygen atoms in total. The van der Waals surface area contributed by atoms with Crippen LogP contribution in [0.5, 0.6) is 0 Å². The molecule has 100 valence electrons. The maximum Gasteiger partial charge on any atom is 0.174 e. The lowest BCUT2D eigenvalue weighted by Gasteiger charge is -2.52. The summed E-state index contributed by atoms with van der Waals surface area (Å²) in [7, 11) is 3.48. The molecule has 1 aromatic carbocycles. The highest BCUT2D eigenvalue weighted by Gasteiger charge is 2.53. The summed E-state index contributed by atoms with van der Waals surface area (Å²) in [5.41, 5.74) is 1.31. The minimum atomic E-state index is -0.385. The molecule has 0 radical (unpaired) electrons. The summed E-state index contributed by atoms with van der Waals surface area (Å²) in [4.78, 5) is 0. The van der Waals surface area contributed by atoms with Crippen LogP contribution >= 0.6 is 0 Å². The van der Waals surface area contributed by atoms with Gasteiger partial charge >= 0.3 is 0 Å². The summed E-state index contributed by atoms with van der Waals surface area (Å²) >= 11 is 0. The van der Waals surface area contributed by atoms with Crippen molar-refractivity contribution >= 4 is 0 Å². The Balaban J connectivity index is 1.81. The van der Waals surface area contributed by atoms with Gasteiger partial charge in [0.2, 0.25) is 0 Å². The minimum Gasteiger partial charge on any atom is -0.353 e. The van der Waals surface area contributed by atoms with Crippen molar-refractivity contribution in [3.63, 3.8) is 0 Å². The quantitative estimate of drug-likeness (QED) is 0.785. The fourth-order valence-electron chi connectivity index (χ4n) is 3.03. The number of nitrogens with one attached hydrogen (secondary N) is 1. The molecule has 2 unspecified atom stereocenters. The van der Waals surface area contributed by atoms with Crippen LogP contribution in [-0.4, -0.2) is 26.6 Å². The first kappa shape index (κ1) is 13.5. The van der Waals surface area contributed by atoms with Gasteiger partial charge in [-0.1, -0.05) is 37.3 Å². The van der Waals surface area contributed by atoms with E-state index in [1.807, 2.05) is 6.07 Å². The van der Waals surface area contributed by atoms with Crippen LogP contribution in [0.2, 0.25) is 0 Å². The number of ether oxygens (including phenoxy) is 2. The Labute approximate surface area is 109 Å². The maximum atomic E-state index is 5.59.